The van der Waals surface area contributed by atoms with Crippen molar-refractivity contribution in [2.75, 3.05) is 13.2 Å². The van der Waals surface area contributed by atoms with Crippen LogP contribution in [0.4, 0.5) is 0 Å². The smallest absolute Gasteiger partial charge is 0.267 e. The molecule has 1 aromatic heterocycles. The molecule has 2 heterocycles. The van der Waals surface area contributed by atoms with Gasteiger partial charge in [-0.1, -0.05) is 18.3 Å². The van der Waals surface area contributed by atoms with Crippen molar-refractivity contribution in [1.82, 2.24) is 14.5 Å². The van der Waals surface area contributed by atoms with Crippen LogP contribution in [-0.4, -0.2) is 44.7 Å². The molecule has 1 N–H and O–H groups in total. The van der Waals surface area contributed by atoms with Gasteiger partial charge in [0.1, 0.15) is 4.88 Å². The zero-order valence-corrected chi connectivity index (χ0v) is 10.9. The first-order valence-electron chi connectivity index (χ1n) is 5.89. The maximum atomic E-state index is 12.3. The zero-order chi connectivity index (χ0) is 12.4. The predicted octanol–water partition coefficient (Wildman–Crippen LogP) is 1.26. The summed E-state index contributed by atoms with van der Waals surface area (Å²) in [5.74, 6) is 0.170. The van der Waals surface area contributed by atoms with Crippen molar-refractivity contribution in [3.8, 4) is 0 Å². The molecule has 6 heteroatoms. The lowest BCUT2D eigenvalue weighted by Gasteiger charge is -2.22. The van der Waals surface area contributed by atoms with Gasteiger partial charge in [0.05, 0.1) is 18.3 Å². The summed E-state index contributed by atoms with van der Waals surface area (Å²) in [5.41, 5.74) is 0.767. The van der Waals surface area contributed by atoms with Crippen LogP contribution < -0.4 is 0 Å². The fourth-order valence-corrected chi connectivity index (χ4v) is 2.92. The highest BCUT2D eigenvalue weighted by molar-refractivity contribution is 7.08. The molecule has 1 aromatic rings. The summed E-state index contributed by atoms with van der Waals surface area (Å²) < 4.78 is 3.87. The van der Waals surface area contributed by atoms with Crippen LogP contribution in [0.5, 0.6) is 0 Å². The summed E-state index contributed by atoms with van der Waals surface area (Å²) in [5, 5.41) is 13.3. The van der Waals surface area contributed by atoms with Crippen LogP contribution in [0, 0.1) is 0 Å². The van der Waals surface area contributed by atoms with Gasteiger partial charge in [-0.2, -0.15) is 0 Å². The molecule has 1 atom stereocenters. The van der Waals surface area contributed by atoms with Gasteiger partial charge in [0.25, 0.3) is 5.91 Å². The second-order valence-electron chi connectivity index (χ2n) is 4.62. The van der Waals surface area contributed by atoms with Crippen LogP contribution in [-0.2, 0) is 0 Å². The minimum absolute atomic E-state index is 0.0275. The normalized spacial score (nSPS) is 20.2. The molecule has 5 nitrogen and oxygen atoms in total. The van der Waals surface area contributed by atoms with Crippen molar-refractivity contribution in [2.45, 2.75) is 38.6 Å². The molecule has 1 fully saturated rings. The van der Waals surface area contributed by atoms with Crippen molar-refractivity contribution in [3.05, 3.63) is 10.6 Å². The molecule has 0 aliphatic carbocycles. The average Bonchev–Trinajstić information content (AvgIpc) is 2.96. The monoisotopic (exact) mass is 255 g/mol. The highest BCUT2D eigenvalue weighted by Crippen LogP contribution is 2.25. The number of nitrogens with zero attached hydrogens (tertiary/aromatic N) is 3. The largest absolute Gasteiger partial charge is 0.394 e. The standard InChI is InChI=1S/C11H17N3O2S/c1-7(2)9-10(17-13-12-9)11(16)14-5-3-4-8(14)6-15/h7-8,15H,3-6H2,1-2H3/t8-/m0/s1. The van der Waals surface area contributed by atoms with Gasteiger partial charge in [0.2, 0.25) is 0 Å². The Morgan fingerprint density at radius 2 is 2.41 bits per heavy atom. The van der Waals surface area contributed by atoms with Gasteiger partial charge in [0, 0.05) is 6.54 Å². The molecule has 17 heavy (non-hydrogen) atoms. The Hall–Kier alpha value is -1.01. The van der Waals surface area contributed by atoms with Crippen LogP contribution in [0.1, 0.15) is 48.0 Å². The third-order valence-electron chi connectivity index (χ3n) is 3.10. The first-order chi connectivity index (χ1) is 8.15. The fourth-order valence-electron chi connectivity index (χ4n) is 2.15. The Kier molecular flexibility index (Phi) is 3.73. The molecule has 0 unspecified atom stereocenters. The van der Waals surface area contributed by atoms with Gasteiger partial charge in [-0.3, -0.25) is 4.79 Å². The topological polar surface area (TPSA) is 66.3 Å². The number of likely N-dealkylation sites (tertiary alicyclic amines) is 1. The number of carbonyl (C=O) groups excluding carboxylic acids is 1. The number of aliphatic hydroxyl groups excluding tert-OH is 1. The maximum Gasteiger partial charge on any atom is 0.267 e. The lowest BCUT2D eigenvalue weighted by atomic mass is 10.1. The molecule has 0 saturated carbocycles. The molecule has 1 saturated heterocycles. The molecule has 0 radical (unpaired) electrons. The van der Waals surface area contributed by atoms with Crippen molar-refractivity contribution >= 4 is 17.4 Å². The number of amides is 1. The number of aromatic nitrogens is 2. The Morgan fingerprint density at radius 3 is 3.06 bits per heavy atom. The quantitative estimate of drug-likeness (QED) is 0.883. The van der Waals surface area contributed by atoms with E-state index in [-0.39, 0.29) is 24.5 Å². The lowest BCUT2D eigenvalue weighted by Crippen LogP contribution is -2.37. The average molecular weight is 255 g/mol. The first kappa shape index (κ1) is 12.4. The highest BCUT2D eigenvalue weighted by Gasteiger charge is 2.31. The van der Waals surface area contributed by atoms with Gasteiger partial charge in [0.15, 0.2) is 0 Å². The van der Waals surface area contributed by atoms with E-state index < -0.39 is 0 Å². The van der Waals surface area contributed by atoms with Crippen molar-refractivity contribution in [2.24, 2.45) is 0 Å². The Balaban J connectivity index is 2.22. The van der Waals surface area contributed by atoms with Crippen molar-refractivity contribution in [3.63, 3.8) is 0 Å². The van der Waals surface area contributed by atoms with Crippen molar-refractivity contribution in [1.29, 1.82) is 0 Å². The van der Waals surface area contributed by atoms with Crippen LogP contribution in [0.2, 0.25) is 0 Å². The van der Waals surface area contributed by atoms with E-state index in [2.05, 4.69) is 9.59 Å². The molecule has 0 spiro atoms. The molecular formula is C11H17N3O2S. The molecule has 0 aromatic carbocycles. The summed E-state index contributed by atoms with van der Waals surface area (Å²) in [6.45, 7) is 4.76. The Labute approximate surface area is 105 Å². The summed E-state index contributed by atoms with van der Waals surface area (Å²) in [7, 11) is 0. The third kappa shape index (κ3) is 2.32. The van der Waals surface area contributed by atoms with Gasteiger partial charge >= 0.3 is 0 Å². The minimum atomic E-state index is -0.0374. The van der Waals surface area contributed by atoms with Gasteiger partial charge in [-0.15, -0.1) is 5.10 Å². The minimum Gasteiger partial charge on any atom is -0.394 e. The number of rotatable bonds is 3. The fraction of sp³-hybridized carbons (Fsp3) is 0.727. The van der Waals surface area contributed by atoms with Gasteiger partial charge < -0.3 is 10.0 Å². The van der Waals surface area contributed by atoms with Crippen molar-refractivity contribution < 1.29 is 9.90 Å². The van der Waals surface area contributed by atoms with E-state index in [0.29, 0.717) is 4.88 Å². The molecule has 1 aliphatic heterocycles. The van der Waals surface area contributed by atoms with Crippen LogP contribution in [0.15, 0.2) is 0 Å². The van der Waals surface area contributed by atoms with E-state index in [1.54, 1.807) is 4.90 Å². The number of hydrogen-bond donors (Lipinski definition) is 1. The number of aliphatic hydroxyl groups is 1. The van der Waals surface area contributed by atoms with Crippen LogP contribution in [0.25, 0.3) is 0 Å². The van der Waals surface area contributed by atoms with E-state index in [0.717, 1.165) is 36.6 Å². The van der Waals surface area contributed by atoms with Gasteiger partial charge in [-0.05, 0) is 30.3 Å². The maximum absolute atomic E-state index is 12.3. The second-order valence-corrected chi connectivity index (χ2v) is 5.37. The summed E-state index contributed by atoms with van der Waals surface area (Å²) in [6, 6.07) is -0.0374. The second kappa shape index (κ2) is 5.10. The summed E-state index contributed by atoms with van der Waals surface area (Å²) in [4.78, 5) is 14.7. The summed E-state index contributed by atoms with van der Waals surface area (Å²) >= 11 is 1.15. The van der Waals surface area contributed by atoms with Crippen LogP contribution >= 0.6 is 11.5 Å². The molecule has 94 valence electrons. The lowest BCUT2D eigenvalue weighted by molar-refractivity contribution is 0.0681. The number of hydrogen-bond acceptors (Lipinski definition) is 5. The Morgan fingerprint density at radius 1 is 1.65 bits per heavy atom. The van der Waals surface area contributed by atoms with Gasteiger partial charge in [-0.25, -0.2) is 0 Å². The van der Waals surface area contributed by atoms with E-state index >= 15 is 0 Å². The molecule has 1 aliphatic rings. The van der Waals surface area contributed by atoms with E-state index in [4.69, 9.17) is 0 Å². The summed E-state index contributed by atoms with van der Waals surface area (Å²) in [6.07, 6.45) is 1.84. The zero-order valence-electron chi connectivity index (χ0n) is 10.1. The highest BCUT2D eigenvalue weighted by atomic mass is 32.1. The van der Waals surface area contributed by atoms with E-state index in [9.17, 15) is 9.90 Å². The predicted molar refractivity (Wildman–Crippen MR) is 65.1 cm³/mol. The first-order valence-corrected chi connectivity index (χ1v) is 6.66. The number of carbonyl (C=O) groups is 1. The SMILES string of the molecule is CC(C)c1nnsc1C(=O)N1CCC[C@H]1CO. The van der Waals surface area contributed by atoms with Crippen LogP contribution in [0.3, 0.4) is 0 Å². The Bertz CT molecular complexity index is 405. The molecule has 1 amide bonds. The molecular weight excluding hydrogens is 238 g/mol. The van der Waals surface area contributed by atoms with E-state index in [1.165, 1.54) is 0 Å². The van der Waals surface area contributed by atoms with E-state index in [1.807, 2.05) is 13.8 Å². The molecule has 0 bridgehead atoms. The third-order valence-corrected chi connectivity index (χ3v) is 3.83. The molecule has 2 rings (SSSR count).